The van der Waals surface area contributed by atoms with Gasteiger partial charge in [-0.2, -0.15) is 0 Å². The monoisotopic (exact) mass is 914 g/mol. The fourth-order valence-electron chi connectivity index (χ4n) is 9.62. The number of rotatable bonds is 13. The molecule has 0 aromatic carbocycles. The second kappa shape index (κ2) is 24.2. The van der Waals surface area contributed by atoms with E-state index in [0.717, 1.165) is 6.29 Å². The van der Waals surface area contributed by atoms with E-state index in [1.54, 1.807) is 59.7 Å². The van der Waals surface area contributed by atoms with Crippen molar-refractivity contribution in [3.8, 4) is 0 Å². The number of methoxy groups -OCH3 is 2. The molecule has 0 bridgehead atoms. The van der Waals surface area contributed by atoms with E-state index in [2.05, 4.69) is 0 Å². The Balaban J connectivity index is 1.62. The van der Waals surface area contributed by atoms with E-state index in [1.165, 1.54) is 20.3 Å². The molecule has 4 rings (SSSR count). The van der Waals surface area contributed by atoms with Crippen LogP contribution in [0, 0.1) is 29.6 Å². The van der Waals surface area contributed by atoms with Crippen molar-refractivity contribution in [2.24, 2.45) is 29.6 Å². The Hall–Kier alpha value is -2.23. The summed E-state index contributed by atoms with van der Waals surface area (Å²) in [4.78, 5) is 41.6. The molecule has 4 N–H and O–H groups in total. The van der Waals surface area contributed by atoms with Gasteiger partial charge in [-0.05, 0) is 73.5 Å². The van der Waals surface area contributed by atoms with Gasteiger partial charge in [0.25, 0.3) is 0 Å². The minimum absolute atomic E-state index is 0.00212. The lowest BCUT2D eigenvalue weighted by Crippen LogP contribution is -2.65. The quantitative estimate of drug-likeness (QED) is 0.154. The molecule has 21 unspecified atom stereocenters. The van der Waals surface area contributed by atoms with Crippen LogP contribution < -0.4 is 0 Å². The number of hydrogen-bond donors (Lipinski definition) is 4. The van der Waals surface area contributed by atoms with E-state index in [4.69, 9.17) is 42.6 Å². The van der Waals surface area contributed by atoms with Gasteiger partial charge in [-0.25, -0.2) is 0 Å². The Kier molecular flexibility index (Phi) is 20.5. The summed E-state index contributed by atoms with van der Waals surface area (Å²) in [7, 11) is 6.53. The van der Waals surface area contributed by atoms with Crippen LogP contribution in [0.2, 0.25) is 0 Å². The van der Waals surface area contributed by atoms with Crippen molar-refractivity contribution in [1.82, 2.24) is 4.90 Å². The second-order valence-corrected chi connectivity index (χ2v) is 19.1. The molecular formula is C47H79NO16. The highest BCUT2D eigenvalue weighted by Gasteiger charge is 2.51. The van der Waals surface area contributed by atoms with Gasteiger partial charge < -0.3 is 72.8 Å². The van der Waals surface area contributed by atoms with Crippen molar-refractivity contribution >= 4 is 18.0 Å². The number of aldehydes is 1. The molecule has 3 saturated heterocycles. The van der Waals surface area contributed by atoms with E-state index in [1.807, 2.05) is 33.8 Å². The van der Waals surface area contributed by atoms with E-state index < -0.39 is 128 Å². The Morgan fingerprint density at radius 3 is 2.11 bits per heavy atom. The molecule has 64 heavy (non-hydrogen) atoms. The number of likely N-dealkylation sites (N-methyl/N-ethyl adjacent to an activating group) is 1. The molecule has 0 aromatic rings. The number of carbonyl (C=O) groups is 3. The minimum Gasteiger partial charge on any atom is -0.462 e. The molecule has 0 saturated carbocycles. The lowest BCUT2D eigenvalue weighted by atomic mass is 9.79. The molecule has 0 radical (unpaired) electrons. The number of esters is 1. The van der Waals surface area contributed by atoms with Crippen molar-refractivity contribution in [3.05, 3.63) is 23.8 Å². The number of hydrogen-bond acceptors (Lipinski definition) is 17. The lowest BCUT2D eigenvalue weighted by Gasteiger charge is -2.50. The van der Waals surface area contributed by atoms with Crippen molar-refractivity contribution in [2.75, 3.05) is 34.9 Å². The van der Waals surface area contributed by atoms with Gasteiger partial charge in [0.15, 0.2) is 24.7 Å². The van der Waals surface area contributed by atoms with Gasteiger partial charge in [-0.15, -0.1) is 0 Å². The van der Waals surface area contributed by atoms with E-state index in [0.29, 0.717) is 12.0 Å². The predicted octanol–water partition coefficient (Wildman–Crippen LogP) is 3.11. The van der Waals surface area contributed by atoms with Crippen LogP contribution in [0.4, 0.5) is 0 Å². The molecule has 368 valence electrons. The van der Waals surface area contributed by atoms with Crippen LogP contribution in [0.15, 0.2) is 23.8 Å². The first-order valence-electron chi connectivity index (χ1n) is 23.0. The summed E-state index contributed by atoms with van der Waals surface area (Å²) in [6.45, 7) is 16.2. The largest absolute Gasteiger partial charge is 0.462 e. The smallest absolute Gasteiger partial charge is 0.308 e. The highest BCUT2D eigenvalue weighted by atomic mass is 16.7. The van der Waals surface area contributed by atoms with Gasteiger partial charge in [-0.1, -0.05) is 45.4 Å². The highest BCUT2D eigenvalue weighted by molar-refractivity contribution is 5.91. The minimum atomic E-state index is -1.34. The fourth-order valence-corrected chi connectivity index (χ4v) is 9.62. The molecule has 0 aliphatic carbocycles. The number of nitrogens with zero attached hydrogens (tertiary/aromatic N) is 1. The van der Waals surface area contributed by atoms with E-state index >= 15 is 0 Å². The summed E-state index contributed by atoms with van der Waals surface area (Å²) >= 11 is 0. The van der Waals surface area contributed by atoms with Gasteiger partial charge in [0, 0.05) is 50.7 Å². The van der Waals surface area contributed by atoms with Crippen molar-refractivity contribution in [3.63, 3.8) is 0 Å². The van der Waals surface area contributed by atoms with Crippen LogP contribution >= 0.6 is 0 Å². The van der Waals surface area contributed by atoms with Gasteiger partial charge in [0.2, 0.25) is 0 Å². The molecule has 0 spiro atoms. The average molecular weight is 914 g/mol. The zero-order chi connectivity index (χ0) is 47.8. The molecule has 0 aromatic heterocycles. The third kappa shape index (κ3) is 13.5. The maximum atomic E-state index is 13.8. The second-order valence-electron chi connectivity index (χ2n) is 19.1. The number of ether oxygens (including phenoxy) is 9. The maximum absolute atomic E-state index is 13.8. The first kappa shape index (κ1) is 54.4. The van der Waals surface area contributed by atoms with E-state index in [-0.39, 0.29) is 43.7 Å². The Morgan fingerprint density at radius 1 is 0.859 bits per heavy atom. The summed E-state index contributed by atoms with van der Waals surface area (Å²) in [5, 5.41) is 45.6. The first-order valence-corrected chi connectivity index (χ1v) is 23.0. The zero-order valence-corrected chi connectivity index (χ0v) is 40.2. The molecule has 17 heteroatoms. The lowest BCUT2D eigenvalue weighted by molar-refractivity contribution is -0.338. The van der Waals surface area contributed by atoms with Gasteiger partial charge in [0.05, 0.1) is 55.2 Å². The van der Waals surface area contributed by atoms with E-state index in [9.17, 15) is 34.8 Å². The van der Waals surface area contributed by atoms with Crippen molar-refractivity contribution in [1.29, 1.82) is 0 Å². The van der Waals surface area contributed by atoms with Gasteiger partial charge >= 0.3 is 5.97 Å². The maximum Gasteiger partial charge on any atom is 0.308 e. The Bertz CT molecular complexity index is 1560. The van der Waals surface area contributed by atoms with Gasteiger partial charge in [-0.3, -0.25) is 9.59 Å². The summed E-state index contributed by atoms with van der Waals surface area (Å²) in [6, 6.07) is -0.686. The molecule has 4 aliphatic heterocycles. The fraction of sp³-hybridized carbons (Fsp3) is 0.851. The standard InChI is InChI=1S/C47H79NO16/c1-14-35-32(23-58-46-44(57-13)43(56-12)39(53)29(7)60-46)19-24(2)15-16-33(50)25(3)20-31(17-18-49)41(26(4)34(51)21-36(52)62-35)64-45-40(54)38(48(10)11)42(30(8)61-45)63-37-22-47(9,55)27(5)28(6)59-37/h15-16,18-19,25-32,34-35,37-46,51,53-55H,14,17,20-23H2,1-13H3/b16-15+,24-19+. The first-order chi connectivity index (χ1) is 30.1. The molecule has 3 fully saturated rings. The molecule has 0 amide bonds. The Morgan fingerprint density at radius 2 is 1.52 bits per heavy atom. The Labute approximate surface area is 380 Å². The molecule has 4 heterocycles. The number of aliphatic hydroxyl groups excluding tert-OH is 3. The van der Waals surface area contributed by atoms with Crippen LogP contribution in [-0.2, 0) is 57.0 Å². The van der Waals surface area contributed by atoms with Crippen LogP contribution in [-0.4, -0.2) is 176 Å². The SMILES string of the molecule is CCC1OC(=O)CC(O)C(C)C(OC2OC(C)C(OC3CC(C)(O)C(C)C(C)O3)C(N(C)C)C2O)C(CC=O)CC(C)C(=O)/C=C/C(C)=C/C1COC1OC(C)C(O)C(OC)C1OC. The third-order valence-corrected chi connectivity index (χ3v) is 14.0. The van der Waals surface area contributed by atoms with Crippen molar-refractivity contribution < 1.29 is 77.4 Å². The number of ketones is 1. The summed E-state index contributed by atoms with van der Waals surface area (Å²) in [5.74, 6) is -3.62. The average Bonchev–Trinajstić information content (AvgIpc) is 3.23. The normalized spacial score (nSPS) is 45.9. The van der Waals surface area contributed by atoms with Crippen LogP contribution in [0.3, 0.4) is 0 Å². The predicted molar refractivity (Wildman–Crippen MR) is 233 cm³/mol. The summed E-state index contributed by atoms with van der Waals surface area (Å²) < 4.78 is 55.2. The summed E-state index contributed by atoms with van der Waals surface area (Å²) in [5.41, 5.74) is -0.351. The van der Waals surface area contributed by atoms with Crippen LogP contribution in [0.1, 0.15) is 94.4 Å². The topological polar surface area (TPSA) is 218 Å². The number of cyclic esters (lactones) is 1. The highest BCUT2D eigenvalue weighted by Crippen LogP contribution is 2.39. The summed E-state index contributed by atoms with van der Waals surface area (Å²) in [6.07, 6.45) is -6.05. The number of allylic oxidation sites excluding steroid dienone is 3. The number of carbonyl (C=O) groups excluding carboxylic acids is 3. The van der Waals surface area contributed by atoms with Gasteiger partial charge in [0.1, 0.15) is 42.9 Å². The van der Waals surface area contributed by atoms with Crippen molar-refractivity contribution in [2.45, 2.75) is 192 Å². The molecule has 4 aliphatic rings. The molecule has 17 nitrogen and oxygen atoms in total. The third-order valence-electron chi connectivity index (χ3n) is 14.0. The molecule has 21 atom stereocenters. The number of aliphatic hydroxyl groups is 4. The molecular weight excluding hydrogens is 835 g/mol. The van der Waals surface area contributed by atoms with Crippen LogP contribution in [0.25, 0.3) is 0 Å². The zero-order valence-electron chi connectivity index (χ0n) is 40.2. The van der Waals surface area contributed by atoms with Crippen LogP contribution in [0.5, 0.6) is 0 Å².